The quantitative estimate of drug-likeness (QED) is 0.187. The second kappa shape index (κ2) is 8.92. The van der Waals surface area contributed by atoms with E-state index in [-0.39, 0.29) is 27.9 Å². The number of carbonyl (C=O) groups excluding carboxylic acids is 3. The number of para-hydroxylation sites is 1. The molecule has 2 rings (SSSR count). The second-order valence-electron chi connectivity index (χ2n) is 5.46. The fourth-order valence-electron chi connectivity index (χ4n) is 2.21. The van der Waals surface area contributed by atoms with Crippen LogP contribution >= 0.6 is 11.6 Å². The molecule has 5 heteroatoms. The molecule has 0 fully saturated rings. The van der Waals surface area contributed by atoms with E-state index in [1.54, 1.807) is 54.6 Å². The van der Waals surface area contributed by atoms with Gasteiger partial charge >= 0.3 is 5.97 Å². The molecule has 2 aromatic carbocycles. The van der Waals surface area contributed by atoms with E-state index in [0.717, 1.165) is 0 Å². The molecule has 0 saturated carbocycles. The van der Waals surface area contributed by atoms with Crippen molar-refractivity contribution in [1.82, 2.24) is 0 Å². The maximum Gasteiger partial charge on any atom is 0.343 e. The summed E-state index contributed by atoms with van der Waals surface area (Å²) in [7, 11) is 0. The van der Waals surface area contributed by atoms with Gasteiger partial charge in [-0.1, -0.05) is 41.9 Å². The van der Waals surface area contributed by atoms with E-state index in [2.05, 4.69) is 0 Å². The number of hydrogen-bond acceptors (Lipinski definition) is 4. The molecule has 0 heterocycles. The van der Waals surface area contributed by atoms with Gasteiger partial charge in [-0.3, -0.25) is 9.59 Å². The van der Waals surface area contributed by atoms with E-state index in [0.29, 0.717) is 11.1 Å². The van der Waals surface area contributed by atoms with Gasteiger partial charge in [-0.2, -0.15) is 0 Å². The maximum absolute atomic E-state index is 12.2. The minimum atomic E-state index is -0.508. The highest BCUT2D eigenvalue weighted by Crippen LogP contribution is 2.29. The Hall–Kier alpha value is -2.98. The van der Waals surface area contributed by atoms with Gasteiger partial charge in [-0.05, 0) is 50.3 Å². The number of ketones is 2. The summed E-state index contributed by atoms with van der Waals surface area (Å²) in [6.45, 7) is 2.62. The molecule has 0 aromatic heterocycles. The van der Waals surface area contributed by atoms with Gasteiger partial charge < -0.3 is 4.74 Å². The van der Waals surface area contributed by atoms with E-state index in [1.807, 2.05) is 0 Å². The molecular formula is C21H17ClO4. The van der Waals surface area contributed by atoms with Crippen molar-refractivity contribution in [2.75, 3.05) is 0 Å². The van der Waals surface area contributed by atoms with Crippen LogP contribution in [0.5, 0.6) is 5.75 Å². The molecule has 0 spiro atoms. The first kappa shape index (κ1) is 19.3. The number of halogens is 1. The lowest BCUT2D eigenvalue weighted by Crippen LogP contribution is -2.09. The van der Waals surface area contributed by atoms with Crippen molar-refractivity contribution in [3.05, 3.63) is 83.4 Å². The Morgan fingerprint density at radius 1 is 0.846 bits per heavy atom. The van der Waals surface area contributed by atoms with Crippen LogP contribution in [0.25, 0.3) is 5.03 Å². The average molecular weight is 369 g/mol. The van der Waals surface area contributed by atoms with Gasteiger partial charge in [-0.25, -0.2) is 4.79 Å². The first-order valence-corrected chi connectivity index (χ1v) is 8.24. The summed E-state index contributed by atoms with van der Waals surface area (Å²) in [5, 5.41) is 0.237. The molecule has 0 aliphatic rings. The van der Waals surface area contributed by atoms with Crippen molar-refractivity contribution in [1.29, 1.82) is 0 Å². The largest absolute Gasteiger partial charge is 0.422 e. The number of Topliss-reactive ketones (excluding diaryl/α,β-unsaturated/α-hetero) is 2. The SMILES string of the molecule is CC(=O)C(=C/C=C(\Cl)c1ccccc1OC(=O)c1ccccc1)C(C)=O. The van der Waals surface area contributed by atoms with Crippen LogP contribution in [-0.2, 0) is 9.59 Å². The topological polar surface area (TPSA) is 60.4 Å². The van der Waals surface area contributed by atoms with Crippen molar-refractivity contribution >= 4 is 34.2 Å². The molecule has 0 N–H and O–H groups in total. The third-order valence-corrected chi connectivity index (χ3v) is 3.84. The molecule has 26 heavy (non-hydrogen) atoms. The van der Waals surface area contributed by atoms with Crippen molar-refractivity contribution in [2.45, 2.75) is 13.8 Å². The molecule has 4 nitrogen and oxygen atoms in total. The Labute approximate surface area is 156 Å². The van der Waals surface area contributed by atoms with Crippen molar-refractivity contribution < 1.29 is 19.1 Å². The van der Waals surface area contributed by atoms with Gasteiger partial charge in [0.2, 0.25) is 0 Å². The van der Waals surface area contributed by atoms with Crippen LogP contribution < -0.4 is 4.74 Å². The molecule has 132 valence electrons. The van der Waals surface area contributed by atoms with Gasteiger partial charge in [0.25, 0.3) is 0 Å². The van der Waals surface area contributed by atoms with Gasteiger partial charge in [0.05, 0.1) is 16.2 Å². The molecule has 0 amide bonds. The number of benzene rings is 2. The number of allylic oxidation sites excluding steroid dienone is 3. The van der Waals surface area contributed by atoms with Crippen molar-refractivity contribution in [3.63, 3.8) is 0 Å². The van der Waals surface area contributed by atoms with Crippen LogP contribution in [0.15, 0.2) is 72.3 Å². The standard InChI is InChI=1S/C21H17ClO4/c1-14(23)17(15(2)24)12-13-19(22)18-10-6-7-11-20(18)26-21(25)16-8-4-3-5-9-16/h3-13H,1-2H3/b19-13-. The molecule has 0 radical (unpaired) electrons. The lowest BCUT2D eigenvalue weighted by molar-refractivity contribution is -0.119. The first-order chi connectivity index (χ1) is 12.4. The summed E-state index contributed by atoms with van der Waals surface area (Å²) in [5.74, 6) is -0.918. The molecule has 0 atom stereocenters. The van der Waals surface area contributed by atoms with Crippen LogP contribution in [0, 0.1) is 0 Å². The Bertz CT molecular complexity index is 879. The third kappa shape index (κ3) is 5.01. The highest BCUT2D eigenvalue weighted by Gasteiger charge is 2.13. The Kier molecular flexibility index (Phi) is 6.64. The third-order valence-electron chi connectivity index (χ3n) is 3.51. The number of carbonyl (C=O) groups is 3. The summed E-state index contributed by atoms with van der Waals surface area (Å²) in [4.78, 5) is 35.2. The lowest BCUT2D eigenvalue weighted by Gasteiger charge is -2.09. The summed E-state index contributed by atoms with van der Waals surface area (Å²) in [5.41, 5.74) is 0.931. The zero-order chi connectivity index (χ0) is 19.1. The minimum Gasteiger partial charge on any atom is -0.422 e. The van der Waals surface area contributed by atoms with E-state index in [9.17, 15) is 14.4 Å². The Morgan fingerprint density at radius 3 is 2.04 bits per heavy atom. The smallest absolute Gasteiger partial charge is 0.343 e. The Balaban J connectivity index is 2.32. The van der Waals surface area contributed by atoms with Gasteiger partial charge in [-0.15, -0.1) is 0 Å². The normalized spacial score (nSPS) is 10.8. The number of ether oxygens (including phenoxy) is 1. The summed E-state index contributed by atoms with van der Waals surface area (Å²) in [6.07, 6.45) is 2.80. The van der Waals surface area contributed by atoms with Gasteiger partial charge in [0, 0.05) is 5.56 Å². The van der Waals surface area contributed by atoms with Crippen LogP contribution in [0.3, 0.4) is 0 Å². The van der Waals surface area contributed by atoms with Crippen LogP contribution in [0.2, 0.25) is 0 Å². The predicted molar refractivity (Wildman–Crippen MR) is 101 cm³/mol. The highest BCUT2D eigenvalue weighted by molar-refractivity contribution is 6.49. The fraction of sp³-hybridized carbons (Fsp3) is 0.0952. The number of rotatable bonds is 6. The van der Waals surface area contributed by atoms with Crippen LogP contribution in [0.1, 0.15) is 29.8 Å². The minimum absolute atomic E-state index is 0.0434. The summed E-state index contributed by atoms with van der Waals surface area (Å²) in [6, 6.07) is 15.3. The van der Waals surface area contributed by atoms with Crippen molar-refractivity contribution in [3.8, 4) is 5.75 Å². The molecule has 0 unspecified atom stereocenters. The molecule has 0 saturated heterocycles. The molecule has 0 aliphatic carbocycles. The van der Waals surface area contributed by atoms with Crippen molar-refractivity contribution in [2.24, 2.45) is 0 Å². The predicted octanol–water partition coefficient (Wildman–Crippen LogP) is 4.59. The highest BCUT2D eigenvalue weighted by atomic mass is 35.5. The molecule has 2 aromatic rings. The zero-order valence-corrected chi connectivity index (χ0v) is 15.1. The van der Waals surface area contributed by atoms with Crippen LogP contribution in [-0.4, -0.2) is 17.5 Å². The lowest BCUT2D eigenvalue weighted by atomic mass is 10.1. The number of esters is 1. The fourth-order valence-corrected chi connectivity index (χ4v) is 2.43. The first-order valence-electron chi connectivity index (χ1n) is 7.86. The summed E-state index contributed by atoms with van der Waals surface area (Å²) < 4.78 is 5.44. The van der Waals surface area contributed by atoms with Crippen LogP contribution in [0.4, 0.5) is 0 Å². The molecule has 0 aliphatic heterocycles. The van der Waals surface area contributed by atoms with E-state index in [1.165, 1.54) is 26.0 Å². The van der Waals surface area contributed by atoms with Gasteiger partial charge in [0.1, 0.15) is 5.75 Å². The summed E-state index contributed by atoms with van der Waals surface area (Å²) >= 11 is 6.30. The Morgan fingerprint density at radius 2 is 1.42 bits per heavy atom. The van der Waals surface area contributed by atoms with Gasteiger partial charge in [0.15, 0.2) is 11.6 Å². The molecule has 0 bridgehead atoms. The molecular weight excluding hydrogens is 352 g/mol. The average Bonchev–Trinajstić information content (AvgIpc) is 2.62. The van der Waals surface area contributed by atoms with E-state index >= 15 is 0 Å². The monoisotopic (exact) mass is 368 g/mol. The van der Waals surface area contributed by atoms with E-state index in [4.69, 9.17) is 16.3 Å². The van der Waals surface area contributed by atoms with E-state index < -0.39 is 5.97 Å². The number of hydrogen-bond donors (Lipinski definition) is 0. The maximum atomic E-state index is 12.2. The zero-order valence-electron chi connectivity index (χ0n) is 14.4. The second-order valence-corrected chi connectivity index (χ2v) is 5.87.